The Labute approximate surface area is 75.9 Å². The number of aliphatic hydroxyl groups is 1. The van der Waals surface area contributed by atoms with Gasteiger partial charge in [-0.05, 0) is 18.8 Å². The summed E-state index contributed by atoms with van der Waals surface area (Å²) in [4.78, 5) is 10.3. The van der Waals surface area contributed by atoms with Gasteiger partial charge >= 0.3 is 5.97 Å². The van der Waals surface area contributed by atoms with Gasteiger partial charge in [0.15, 0.2) is 0 Å². The molecular formula is C9H13FO3. The van der Waals surface area contributed by atoms with Gasteiger partial charge in [-0.2, -0.15) is 0 Å². The number of carbonyl (C=O) groups is 1. The Balaban J connectivity index is 2.77. The summed E-state index contributed by atoms with van der Waals surface area (Å²) in [5.41, 5.74) is -1.81. The summed E-state index contributed by atoms with van der Waals surface area (Å²) < 4.78 is 13.0. The van der Waals surface area contributed by atoms with E-state index in [9.17, 15) is 14.3 Å². The molecule has 1 aliphatic rings. The second-order valence-electron chi connectivity index (χ2n) is 3.57. The quantitative estimate of drug-likeness (QED) is 0.638. The molecule has 0 amide bonds. The van der Waals surface area contributed by atoms with Crippen molar-refractivity contribution in [1.82, 2.24) is 0 Å². The van der Waals surface area contributed by atoms with E-state index in [1.54, 1.807) is 6.08 Å². The Morgan fingerprint density at radius 1 is 1.77 bits per heavy atom. The van der Waals surface area contributed by atoms with Gasteiger partial charge in [-0.25, -0.2) is 9.18 Å². The van der Waals surface area contributed by atoms with Crippen LogP contribution in [0.25, 0.3) is 0 Å². The van der Waals surface area contributed by atoms with Gasteiger partial charge in [0.25, 0.3) is 0 Å². The predicted octanol–water partition coefficient (Wildman–Crippen LogP) is 1.13. The summed E-state index contributed by atoms with van der Waals surface area (Å²) in [5.74, 6) is -1.33. The average Bonchev–Trinajstić information content (AvgIpc) is 2.09. The number of allylic oxidation sites excluding steroid dienone is 1. The molecule has 4 heteroatoms. The Kier molecular flexibility index (Phi) is 2.71. The number of rotatable bonds is 2. The van der Waals surface area contributed by atoms with Crippen molar-refractivity contribution in [2.24, 2.45) is 5.92 Å². The first-order valence-corrected chi connectivity index (χ1v) is 4.24. The number of aliphatic carboxylic acids is 1. The lowest BCUT2D eigenvalue weighted by atomic mass is 9.83. The van der Waals surface area contributed by atoms with Crippen molar-refractivity contribution in [2.75, 3.05) is 0 Å². The molecular weight excluding hydrogens is 175 g/mol. The van der Waals surface area contributed by atoms with E-state index in [0.717, 1.165) is 0 Å². The number of halogens is 1. The van der Waals surface area contributed by atoms with Gasteiger partial charge in [-0.3, -0.25) is 0 Å². The molecule has 0 fully saturated rings. The molecule has 0 aromatic carbocycles. The van der Waals surface area contributed by atoms with Crippen molar-refractivity contribution >= 4 is 5.97 Å². The molecule has 3 unspecified atom stereocenters. The van der Waals surface area contributed by atoms with Crippen molar-refractivity contribution in [3.8, 4) is 0 Å². The van der Waals surface area contributed by atoms with E-state index in [0.29, 0.717) is 6.42 Å². The van der Waals surface area contributed by atoms with Gasteiger partial charge in [-0.15, -0.1) is 0 Å². The summed E-state index contributed by atoms with van der Waals surface area (Å²) in [7, 11) is 0. The van der Waals surface area contributed by atoms with Crippen molar-refractivity contribution in [2.45, 2.75) is 31.5 Å². The first kappa shape index (κ1) is 10.2. The molecule has 0 saturated heterocycles. The molecule has 0 radical (unpaired) electrons. The highest BCUT2D eigenvalue weighted by molar-refractivity contribution is 5.74. The smallest absolute Gasteiger partial charge is 0.341 e. The third-order valence-electron chi connectivity index (χ3n) is 2.37. The summed E-state index contributed by atoms with van der Waals surface area (Å²) in [6.45, 7) is 1.93. The fraction of sp³-hybridized carbons (Fsp3) is 0.667. The minimum Gasteiger partial charge on any atom is -0.479 e. The number of carboxylic acid groups (broad SMARTS) is 1. The minimum absolute atomic E-state index is 0.165. The Morgan fingerprint density at radius 3 is 2.77 bits per heavy atom. The molecule has 13 heavy (non-hydrogen) atoms. The van der Waals surface area contributed by atoms with Gasteiger partial charge in [0.1, 0.15) is 5.60 Å². The Bertz CT molecular complexity index is 239. The highest BCUT2D eigenvalue weighted by Gasteiger charge is 2.41. The van der Waals surface area contributed by atoms with Crippen LogP contribution in [-0.4, -0.2) is 28.0 Å². The van der Waals surface area contributed by atoms with Crippen molar-refractivity contribution in [1.29, 1.82) is 0 Å². The number of alkyl halides is 1. The topological polar surface area (TPSA) is 57.5 Å². The van der Waals surface area contributed by atoms with Crippen molar-refractivity contribution in [3.63, 3.8) is 0 Å². The van der Waals surface area contributed by atoms with E-state index in [4.69, 9.17) is 5.11 Å². The van der Waals surface area contributed by atoms with Gasteiger partial charge in [-0.1, -0.05) is 19.1 Å². The van der Waals surface area contributed by atoms with E-state index < -0.39 is 17.7 Å². The van der Waals surface area contributed by atoms with Gasteiger partial charge in [0.05, 0.1) is 0 Å². The molecule has 3 nitrogen and oxygen atoms in total. The minimum atomic E-state index is -2.23. The molecule has 3 atom stereocenters. The molecule has 0 aromatic rings. The lowest BCUT2D eigenvalue weighted by Gasteiger charge is -2.30. The fourth-order valence-corrected chi connectivity index (χ4v) is 1.39. The molecule has 0 spiro atoms. The van der Waals surface area contributed by atoms with Crippen LogP contribution in [0.15, 0.2) is 12.2 Å². The van der Waals surface area contributed by atoms with Gasteiger partial charge < -0.3 is 10.2 Å². The van der Waals surface area contributed by atoms with Crippen LogP contribution in [-0.2, 0) is 4.79 Å². The standard InChI is InChI=1S/C9H13FO3/c1-6-2-4-9(13,5-3-6)7(10)8(11)12/h2,4,6-7,13H,3,5H2,1H3,(H,11,12). The summed E-state index contributed by atoms with van der Waals surface area (Å²) in [6.07, 6.45) is 1.47. The van der Waals surface area contributed by atoms with Crippen LogP contribution in [0.5, 0.6) is 0 Å². The first-order valence-electron chi connectivity index (χ1n) is 4.24. The van der Waals surface area contributed by atoms with Gasteiger partial charge in [0, 0.05) is 0 Å². The van der Waals surface area contributed by atoms with Crippen molar-refractivity contribution in [3.05, 3.63) is 12.2 Å². The van der Waals surface area contributed by atoms with E-state index in [1.165, 1.54) is 6.08 Å². The summed E-state index contributed by atoms with van der Waals surface area (Å²) >= 11 is 0. The second kappa shape index (κ2) is 3.46. The SMILES string of the molecule is CC1C=CC(O)(C(F)C(=O)O)CC1. The van der Waals surface area contributed by atoms with Crippen LogP contribution in [0, 0.1) is 5.92 Å². The molecule has 0 heterocycles. The van der Waals surface area contributed by atoms with Crippen LogP contribution in [0.3, 0.4) is 0 Å². The van der Waals surface area contributed by atoms with E-state index in [1.807, 2.05) is 6.92 Å². The maximum Gasteiger partial charge on any atom is 0.341 e. The Morgan fingerprint density at radius 2 is 2.38 bits per heavy atom. The van der Waals surface area contributed by atoms with Crippen LogP contribution in [0.4, 0.5) is 4.39 Å². The maximum absolute atomic E-state index is 13.0. The zero-order valence-electron chi connectivity index (χ0n) is 7.40. The number of hydrogen-bond donors (Lipinski definition) is 2. The molecule has 74 valence electrons. The first-order chi connectivity index (χ1) is 5.96. The summed E-state index contributed by atoms with van der Waals surface area (Å²) in [6, 6.07) is 0. The molecule has 0 aromatic heterocycles. The molecule has 1 aliphatic carbocycles. The van der Waals surface area contributed by atoms with Crippen molar-refractivity contribution < 1.29 is 19.4 Å². The van der Waals surface area contributed by atoms with Crippen LogP contribution in [0.1, 0.15) is 19.8 Å². The lowest BCUT2D eigenvalue weighted by Crippen LogP contribution is -2.44. The van der Waals surface area contributed by atoms with E-state index in [2.05, 4.69) is 0 Å². The zero-order chi connectivity index (χ0) is 10.1. The Hall–Kier alpha value is -0.900. The monoisotopic (exact) mass is 188 g/mol. The number of hydrogen-bond acceptors (Lipinski definition) is 2. The largest absolute Gasteiger partial charge is 0.479 e. The molecule has 1 rings (SSSR count). The molecule has 0 bridgehead atoms. The highest BCUT2D eigenvalue weighted by atomic mass is 19.1. The molecule has 2 N–H and O–H groups in total. The molecule has 0 saturated carbocycles. The van der Waals surface area contributed by atoms with E-state index >= 15 is 0 Å². The fourth-order valence-electron chi connectivity index (χ4n) is 1.39. The van der Waals surface area contributed by atoms with Crippen LogP contribution < -0.4 is 0 Å². The summed E-state index contributed by atoms with van der Waals surface area (Å²) in [5, 5.41) is 18.0. The van der Waals surface area contributed by atoms with Crippen LogP contribution >= 0.6 is 0 Å². The number of carboxylic acids is 1. The maximum atomic E-state index is 13.0. The zero-order valence-corrected chi connectivity index (χ0v) is 7.40. The average molecular weight is 188 g/mol. The third kappa shape index (κ3) is 2.06. The normalized spacial score (nSPS) is 35.8. The lowest BCUT2D eigenvalue weighted by molar-refractivity contribution is -0.151. The van der Waals surface area contributed by atoms with Crippen LogP contribution in [0.2, 0.25) is 0 Å². The second-order valence-corrected chi connectivity index (χ2v) is 3.57. The molecule has 0 aliphatic heterocycles. The van der Waals surface area contributed by atoms with E-state index in [-0.39, 0.29) is 12.3 Å². The predicted molar refractivity (Wildman–Crippen MR) is 45.0 cm³/mol. The third-order valence-corrected chi connectivity index (χ3v) is 2.37. The highest BCUT2D eigenvalue weighted by Crippen LogP contribution is 2.30. The van der Waals surface area contributed by atoms with Gasteiger partial charge in [0.2, 0.25) is 6.17 Å².